The Kier molecular flexibility index (Phi) is 3.98. The van der Waals surface area contributed by atoms with Gasteiger partial charge in [0.25, 0.3) is 0 Å². The molecule has 21 heavy (non-hydrogen) atoms. The molecule has 1 atom stereocenters. The number of aromatic nitrogens is 2. The van der Waals surface area contributed by atoms with Crippen molar-refractivity contribution in [1.82, 2.24) is 15.0 Å². The van der Waals surface area contributed by atoms with Crippen LogP contribution < -0.4 is 0 Å². The number of likely N-dealkylation sites (tertiary alicyclic amines) is 1. The highest BCUT2D eigenvalue weighted by Gasteiger charge is 2.20. The monoisotopic (exact) mass is 291 g/mol. The minimum absolute atomic E-state index is 0.280. The Balaban J connectivity index is 1.72. The van der Waals surface area contributed by atoms with E-state index in [1.54, 1.807) is 19.1 Å². The summed E-state index contributed by atoms with van der Waals surface area (Å²) in [6.07, 6.45) is 1.52. The minimum atomic E-state index is -0.285. The van der Waals surface area contributed by atoms with E-state index in [1.165, 1.54) is 6.07 Å². The third-order valence-corrected chi connectivity index (χ3v) is 3.74. The van der Waals surface area contributed by atoms with Gasteiger partial charge in [0.2, 0.25) is 11.7 Å². The van der Waals surface area contributed by atoms with Crippen molar-refractivity contribution in [3.05, 3.63) is 35.5 Å². The largest absolute Gasteiger partial charge is 0.392 e. The first-order valence-electron chi connectivity index (χ1n) is 7.11. The summed E-state index contributed by atoms with van der Waals surface area (Å²) in [5.41, 5.74) is 1.19. The van der Waals surface area contributed by atoms with Gasteiger partial charge in [-0.2, -0.15) is 4.98 Å². The van der Waals surface area contributed by atoms with Crippen molar-refractivity contribution in [2.75, 3.05) is 13.1 Å². The van der Waals surface area contributed by atoms with Crippen molar-refractivity contribution in [2.24, 2.45) is 0 Å². The molecule has 2 aromatic rings. The number of hydrogen-bond donors (Lipinski definition) is 1. The number of aliphatic hydroxyl groups is 1. The summed E-state index contributed by atoms with van der Waals surface area (Å²) in [6.45, 7) is 3.76. The molecule has 1 aromatic heterocycles. The van der Waals surface area contributed by atoms with E-state index in [9.17, 15) is 9.50 Å². The summed E-state index contributed by atoms with van der Waals surface area (Å²) in [5, 5.41) is 13.5. The minimum Gasteiger partial charge on any atom is -0.392 e. The molecule has 0 amide bonds. The van der Waals surface area contributed by atoms with Crippen LogP contribution in [0.2, 0.25) is 0 Å². The zero-order valence-corrected chi connectivity index (χ0v) is 11.9. The highest BCUT2D eigenvalue weighted by molar-refractivity contribution is 5.54. The molecule has 1 aliphatic heterocycles. The normalized spacial score (nSPS) is 19.9. The van der Waals surface area contributed by atoms with Crippen LogP contribution in [0, 0.1) is 12.7 Å². The molecule has 0 spiro atoms. The van der Waals surface area contributed by atoms with Crippen molar-refractivity contribution in [3.8, 4) is 11.4 Å². The van der Waals surface area contributed by atoms with E-state index in [-0.39, 0.29) is 11.9 Å². The first kappa shape index (κ1) is 14.2. The molecule has 0 bridgehead atoms. The lowest BCUT2D eigenvalue weighted by atomic mass is 10.1. The summed E-state index contributed by atoms with van der Waals surface area (Å²) >= 11 is 0. The number of benzene rings is 1. The molecular formula is C15H18FN3O2. The molecule has 5 nitrogen and oxygen atoms in total. The van der Waals surface area contributed by atoms with Crippen molar-refractivity contribution in [2.45, 2.75) is 32.4 Å². The first-order valence-corrected chi connectivity index (χ1v) is 7.11. The molecule has 1 aliphatic rings. The van der Waals surface area contributed by atoms with Crippen molar-refractivity contribution in [3.63, 3.8) is 0 Å². The maximum absolute atomic E-state index is 13.6. The topological polar surface area (TPSA) is 62.4 Å². The number of nitrogens with zero attached hydrogens (tertiary/aromatic N) is 3. The van der Waals surface area contributed by atoms with Gasteiger partial charge in [-0.3, -0.25) is 4.90 Å². The second-order valence-corrected chi connectivity index (χ2v) is 5.51. The van der Waals surface area contributed by atoms with Crippen LogP contribution in [-0.4, -0.2) is 39.3 Å². The van der Waals surface area contributed by atoms with Crippen molar-refractivity contribution >= 4 is 0 Å². The van der Waals surface area contributed by atoms with Gasteiger partial charge >= 0.3 is 0 Å². The summed E-state index contributed by atoms with van der Waals surface area (Å²) in [6, 6.07) is 4.88. The highest BCUT2D eigenvalue weighted by Crippen LogP contribution is 2.20. The summed E-state index contributed by atoms with van der Waals surface area (Å²) in [7, 11) is 0. The first-order chi connectivity index (χ1) is 10.1. The fraction of sp³-hybridized carbons (Fsp3) is 0.467. The molecule has 0 aliphatic carbocycles. The van der Waals surface area contributed by atoms with Crippen LogP contribution >= 0.6 is 0 Å². The molecule has 0 radical (unpaired) electrons. The molecule has 1 unspecified atom stereocenters. The fourth-order valence-electron chi connectivity index (χ4n) is 2.53. The van der Waals surface area contributed by atoms with Gasteiger partial charge in [0.15, 0.2) is 0 Å². The third-order valence-electron chi connectivity index (χ3n) is 3.74. The Labute approximate surface area is 122 Å². The van der Waals surface area contributed by atoms with Crippen molar-refractivity contribution in [1.29, 1.82) is 0 Å². The van der Waals surface area contributed by atoms with E-state index >= 15 is 0 Å². The Morgan fingerprint density at radius 1 is 1.48 bits per heavy atom. The third kappa shape index (κ3) is 3.28. The van der Waals surface area contributed by atoms with Crippen LogP contribution in [0.4, 0.5) is 4.39 Å². The highest BCUT2D eigenvalue weighted by atomic mass is 19.1. The number of piperidine rings is 1. The molecular weight excluding hydrogens is 273 g/mol. The average Bonchev–Trinajstić information content (AvgIpc) is 2.90. The van der Waals surface area contributed by atoms with E-state index in [1.807, 2.05) is 0 Å². The second kappa shape index (κ2) is 5.91. The Hall–Kier alpha value is -1.79. The van der Waals surface area contributed by atoms with E-state index in [2.05, 4.69) is 15.0 Å². The molecule has 2 heterocycles. The molecule has 1 N–H and O–H groups in total. The smallest absolute Gasteiger partial charge is 0.241 e. The number of halogens is 1. The number of hydrogen-bond acceptors (Lipinski definition) is 5. The number of rotatable bonds is 3. The lowest BCUT2D eigenvalue weighted by Crippen LogP contribution is -2.37. The molecule has 1 fully saturated rings. The van der Waals surface area contributed by atoms with E-state index in [0.29, 0.717) is 35.9 Å². The zero-order chi connectivity index (χ0) is 14.8. The summed E-state index contributed by atoms with van der Waals surface area (Å²) < 4.78 is 18.8. The summed E-state index contributed by atoms with van der Waals surface area (Å²) in [5.74, 6) is 0.597. The predicted molar refractivity (Wildman–Crippen MR) is 74.9 cm³/mol. The van der Waals surface area contributed by atoms with Gasteiger partial charge in [-0.05, 0) is 37.9 Å². The number of aryl methyl sites for hydroxylation is 1. The molecule has 112 valence electrons. The van der Waals surface area contributed by atoms with Crippen LogP contribution in [-0.2, 0) is 6.54 Å². The maximum Gasteiger partial charge on any atom is 0.241 e. The Bertz CT molecular complexity index is 629. The molecule has 6 heteroatoms. The average molecular weight is 291 g/mol. The van der Waals surface area contributed by atoms with Crippen LogP contribution in [0.3, 0.4) is 0 Å². The van der Waals surface area contributed by atoms with Gasteiger partial charge in [0.1, 0.15) is 5.82 Å². The van der Waals surface area contributed by atoms with E-state index < -0.39 is 0 Å². The quantitative estimate of drug-likeness (QED) is 0.938. The lowest BCUT2D eigenvalue weighted by molar-refractivity contribution is 0.0613. The molecule has 1 saturated heterocycles. The molecule has 1 aromatic carbocycles. The molecule has 0 saturated carbocycles. The van der Waals surface area contributed by atoms with Gasteiger partial charge in [0, 0.05) is 12.1 Å². The lowest BCUT2D eigenvalue weighted by Gasteiger charge is -2.28. The Morgan fingerprint density at radius 3 is 3.10 bits per heavy atom. The Morgan fingerprint density at radius 2 is 2.33 bits per heavy atom. The van der Waals surface area contributed by atoms with Gasteiger partial charge in [-0.15, -0.1) is 0 Å². The maximum atomic E-state index is 13.6. The van der Waals surface area contributed by atoms with Crippen LogP contribution in [0.5, 0.6) is 0 Å². The van der Waals surface area contributed by atoms with Gasteiger partial charge < -0.3 is 9.63 Å². The fourth-order valence-corrected chi connectivity index (χ4v) is 2.53. The number of aliphatic hydroxyl groups excluding tert-OH is 1. The van der Waals surface area contributed by atoms with Gasteiger partial charge in [0.05, 0.1) is 12.6 Å². The zero-order valence-electron chi connectivity index (χ0n) is 11.9. The van der Waals surface area contributed by atoms with Crippen LogP contribution in [0.1, 0.15) is 24.3 Å². The van der Waals surface area contributed by atoms with E-state index in [4.69, 9.17) is 4.52 Å². The number of β-amino-alcohol motifs (C(OH)–C–C–N with tert-alkyl or cyclic N) is 1. The molecule has 3 rings (SSSR count). The standard InChI is InChI=1S/C15H18FN3O2/c1-10-4-5-11(7-13(10)16)15-17-14(21-18-15)9-19-6-2-3-12(20)8-19/h4-5,7,12,20H,2-3,6,8-9H2,1H3. The van der Waals surface area contributed by atoms with E-state index in [0.717, 1.165) is 19.4 Å². The van der Waals surface area contributed by atoms with Crippen LogP contribution in [0.25, 0.3) is 11.4 Å². The predicted octanol–water partition coefficient (Wildman–Crippen LogP) is 2.14. The van der Waals surface area contributed by atoms with Gasteiger partial charge in [-0.25, -0.2) is 4.39 Å². The van der Waals surface area contributed by atoms with Crippen LogP contribution in [0.15, 0.2) is 22.7 Å². The summed E-state index contributed by atoms with van der Waals surface area (Å²) in [4.78, 5) is 6.39. The SMILES string of the molecule is Cc1ccc(-c2noc(CN3CCCC(O)C3)n2)cc1F. The van der Waals surface area contributed by atoms with Gasteiger partial charge in [-0.1, -0.05) is 17.3 Å². The second-order valence-electron chi connectivity index (χ2n) is 5.51. The van der Waals surface area contributed by atoms with Crippen molar-refractivity contribution < 1.29 is 14.0 Å².